The number of ether oxygens (including phenoxy) is 1. The number of pyridine rings is 2. The number of aromatic nitrogens is 2. The van der Waals surface area contributed by atoms with Gasteiger partial charge in [-0.05, 0) is 36.4 Å². The first-order valence-electron chi connectivity index (χ1n) is 6.62. The molecule has 0 amide bonds. The number of fused-ring (bicyclic) bond motifs is 1. The summed E-state index contributed by atoms with van der Waals surface area (Å²) in [5, 5.41) is 11.6. The predicted octanol–water partition coefficient (Wildman–Crippen LogP) is 1.88. The van der Waals surface area contributed by atoms with Crippen molar-refractivity contribution < 1.29 is 9.66 Å². The smallest absolute Gasteiger partial charge is 0.357 e. The first-order chi connectivity index (χ1) is 11.0. The number of nitro groups is 1. The topological polar surface area (TPSA) is 113 Å². The highest BCUT2D eigenvalue weighted by Gasteiger charge is 2.25. The van der Waals surface area contributed by atoms with Gasteiger partial charge in [-0.1, -0.05) is 0 Å². The maximum Gasteiger partial charge on any atom is 0.357 e. The van der Waals surface area contributed by atoms with Crippen molar-refractivity contribution in [1.82, 2.24) is 9.55 Å². The Morgan fingerprint density at radius 3 is 2.57 bits per heavy atom. The molecule has 3 aromatic rings. The minimum absolute atomic E-state index is 0.187. The third-order valence-corrected chi connectivity index (χ3v) is 3.46. The van der Waals surface area contributed by atoms with E-state index < -0.39 is 16.2 Å². The van der Waals surface area contributed by atoms with Crippen molar-refractivity contribution in [2.75, 3.05) is 12.8 Å². The predicted molar refractivity (Wildman–Crippen MR) is 85.0 cm³/mol. The van der Waals surface area contributed by atoms with E-state index in [9.17, 15) is 14.9 Å². The molecule has 0 fully saturated rings. The van der Waals surface area contributed by atoms with Crippen LogP contribution in [0.2, 0.25) is 0 Å². The van der Waals surface area contributed by atoms with Crippen molar-refractivity contribution in [3.63, 3.8) is 0 Å². The van der Waals surface area contributed by atoms with Gasteiger partial charge in [-0.25, -0.2) is 4.98 Å². The Balaban J connectivity index is 2.43. The van der Waals surface area contributed by atoms with E-state index in [0.717, 1.165) is 0 Å². The van der Waals surface area contributed by atoms with E-state index in [1.807, 2.05) is 0 Å². The maximum atomic E-state index is 12.6. The third kappa shape index (κ3) is 2.26. The summed E-state index contributed by atoms with van der Waals surface area (Å²) in [4.78, 5) is 27.2. The van der Waals surface area contributed by atoms with Crippen molar-refractivity contribution in [2.24, 2.45) is 0 Å². The summed E-state index contributed by atoms with van der Waals surface area (Å²) in [6, 6.07) is 9.73. The van der Waals surface area contributed by atoms with Gasteiger partial charge in [-0.15, -0.1) is 0 Å². The fraction of sp³-hybridized carbons (Fsp3) is 0.0667. The van der Waals surface area contributed by atoms with Crippen LogP contribution in [0.5, 0.6) is 5.75 Å². The van der Waals surface area contributed by atoms with E-state index in [-0.39, 0.29) is 11.3 Å². The van der Waals surface area contributed by atoms with Gasteiger partial charge in [0.15, 0.2) is 0 Å². The number of anilines is 1. The van der Waals surface area contributed by atoms with Crippen LogP contribution in [0.25, 0.3) is 16.7 Å². The zero-order chi connectivity index (χ0) is 16.6. The van der Waals surface area contributed by atoms with Crippen LogP contribution in [0, 0.1) is 10.1 Å². The fourth-order valence-electron chi connectivity index (χ4n) is 2.38. The molecule has 0 unspecified atom stereocenters. The molecule has 1 aromatic carbocycles. The number of nitrogen functional groups attached to an aromatic ring is 1. The lowest BCUT2D eigenvalue weighted by molar-refractivity contribution is -0.385. The molecule has 0 spiro atoms. The second-order valence-corrected chi connectivity index (χ2v) is 4.73. The van der Waals surface area contributed by atoms with Gasteiger partial charge in [-0.2, -0.15) is 0 Å². The maximum absolute atomic E-state index is 12.6. The molecule has 0 aliphatic carbocycles. The van der Waals surface area contributed by atoms with Gasteiger partial charge in [0.2, 0.25) is 0 Å². The number of hydrogen-bond acceptors (Lipinski definition) is 6. The number of benzene rings is 1. The first-order valence-corrected chi connectivity index (χ1v) is 6.62. The van der Waals surface area contributed by atoms with Gasteiger partial charge in [0.25, 0.3) is 0 Å². The first kappa shape index (κ1) is 14.5. The quantitative estimate of drug-likeness (QED) is 0.583. The number of hydrogen-bond donors (Lipinski definition) is 1. The minimum Gasteiger partial charge on any atom is -0.497 e. The standard InChI is InChI=1S/C15H12N4O4/c1-23-10-6-4-9(5-7-10)18-14-11(3-2-8-17-14)12(16)13(15(18)20)19(21)22/h2-8H,16H2,1H3. The second kappa shape index (κ2) is 5.41. The van der Waals surface area contributed by atoms with E-state index in [1.165, 1.54) is 17.9 Å². The molecular weight excluding hydrogens is 300 g/mol. The van der Waals surface area contributed by atoms with E-state index in [4.69, 9.17) is 10.5 Å². The molecule has 2 N–H and O–H groups in total. The Hall–Kier alpha value is -3.42. The number of methoxy groups -OCH3 is 1. The van der Waals surface area contributed by atoms with Crippen LogP contribution in [0.4, 0.5) is 11.4 Å². The van der Waals surface area contributed by atoms with Crippen molar-refractivity contribution in [3.05, 3.63) is 63.1 Å². The Kier molecular flexibility index (Phi) is 3.41. The Morgan fingerprint density at radius 2 is 1.96 bits per heavy atom. The van der Waals surface area contributed by atoms with Crippen LogP contribution in [0.1, 0.15) is 0 Å². The molecule has 0 bridgehead atoms. The van der Waals surface area contributed by atoms with Crippen LogP contribution in [0.3, 0.4) is 0 Å². The van der Waals surface area contributed by atoms with Gasteiger partial charge in [0.05, 0.1) is 17.7 Å². The lowest BCUT2D eigenvalue weighted by atomic mass is 10.2. The summed E-state index contributed by atoms with van der Waals surface area (Å²) in [6.07, 6.45) is 1.49. The SMILES string of the molecule is COc1ccc(-n2c(=O)c([N+](=O)[O-])c(N)c3cccnc32)cc1. The fourth-order valence-corrected chi connectivity index (χ4v) is 2.38. The normalized spacial score (nSPS) is 10.7. The van der Waals surface area contributed by atoms with E-state index >= 15 is 0 Å². The summed E-state index contributed by atoms with van der Waals surface area (Å²) >= 11 is 0. The summed E-state index contributed by atoms with van der Waals surface area (Å²) < 4.78 is 6.24. The van der Waals surface area contributed by atoms with Crippen LogP contribution in [-0.4, -0.2) is 21.6 Å². The van der Waals surface area contributed by atoms with Crippen molar-refractivity contribution >= 4 is 22.4 Å². The van der Waals surface area contributed by atoms with Crippen molar-refractivity contribution in [2.45, 2.75) is 0 Å². The molecule has 23 heavy (non-hydrogen) atoms. The van der Waals surface area contributed by atoms with E-state index in [2.05, 4.69) is 4.98 Å². The molecule has 0 atom stereocenters. The van der Waals surface area contributed by atoms with Gasteiger partial charge in [0.1, 0.15) is 17.1 Å². The average Bonchev–Trinajstić information content (AvgIpc) is 2.55. The molecule has 8 heteroatoms. The highest BCUT2D eigenvalue weighted by Crippen LogP contribution is 2.27. The lowest BCUT2D eigenvalue weighted by Gasteiger charge is -2.11. The molecule has 8 nitrogen and oxygen atoms in total. The number of nitrogens with two attached hydrogens (primary N) is 1. The van der Waals surface area contributed by atoms with Gasteiger partial charge in [-0.3, -0.25) is 19.5 Å². The van der Waals surface area contributed by atoms with E-state index in [0.29, 0.717) is 16.8 Å². The second-order valence-electron chi connectivity index (χ2n) is 4.73. The van der Waals surface area contributed by atoms with Crippen LogP contribution >= 0.6 is 0 Å². The minimum atomic E-state index is -0.830. The number of nitrogens with zero attached hydrogens (tertiary/aromatic N) is 3. The largest absolute Gasteiger partial charge is 0.497 e. The molecule has 0 radical (unpaired) electrons. The summed E-state index contributed by atoms with van der Waals surface area (Å²) in [6.45, 7) is 0. The molecule has 116 valence electrons. The molecule has 0 aliphatic heterocycles. The molecule has 0 saturated heterocycles. The van der Waals surface area contributed by atoms with Crippen molar-refractivity contribution in [3.8, 4) is 11.4 Å². The molecule has 2 heterocycles. The van der Waals surface area contributed by atoms with Gasteiger partial charge >= 0.3 is 11.2 Å². The third-order valence-electron chi connectivity index (χ3n) is 3.46. The average molecular weight is 312 g/mol. The van der Waals surface area contributed by atoms with Gasteiger partial charge in [0, 0.05) is 11.6 Å². The molecule has 0 saturated carbocycles. The lowest BCUT2D eigenvalue weighted by Crippen LogP contribution is -2.24. The number of rotatable bonds is 3. The van der Waals surface area contributed by atoms with Crippen molar-refractivity contribution in [1.29, 1.82) is 0 Å². The van der Waals surface area contributed by atoms with Crippen LogP contribution < -0.4 is 16.0 Å². The molecule has 2 aromatic heterocycles. The van der Waals surface area contributed by atoms with Crippen LogP contribution in [0.15, 0.2) is 47.4 Å². The van der Waals surface area contributed by atoms with E-state index in [1.54, 1.807) is 36.4 Å². The highest BCUT2D eigenvalue weighted by molar-refractivity contribution is 5.93. The summed E-state index contributed by atoms with van der Waals surface area (Å²) in [5.41, 5.74) is 4.80. The Morgan fingerprint density at radius 1 is 1.26 bits per heavy atom. The molecule has 0 aliphatic rings. The Labute approximate surface area is 129 Å². The Bertz CT molecular complexity index is 964. The van der Waals surface area contributed by atoms with Crippen LogP contribution in [-0.2, 0) is 0 Å². The summed E-state index contributed by atoms with van der Waals surface area (Å²) in [5.74, 6) is 0.601. The summed E-state index contributed by atoms with van der Waals surface area (Å²) in [7, 11) is 1.52. The highest BCUT2D eigenvalue weighted by atomic mass is 16.6. The zero-order valence-corrected chi connectivity index (χ0v) is 12.1. The van der Waals surface area contributed by atoms with Gasteiger partial charge < -0.3 is 10.5 Å². The monoisotopic (exact) mass is 312 g/mol. The zero-order valence-electron chi connectivity index (χ0n) is 12.1. The molecular formula is C15H12N4O4. The molecule has 3 rings (SSSR count).